The molecule has 4 nitrogen and oxygen atoms in total. The highest BCUT2D eigenvalue weighted by atomic mass is 16.6. The fourth-order valence-electron chi connectivity index (χ4n) is 0.462. The van der Waals surface area contributed by atoms with E-state index in [2.05, 4.69) is 9.89 Å². The Hall–Kier alpha value is -1.06. The Morgan fingerprint density at radius 2 is 2.50 bits per heavy atom. The monoisotopic (exact) mass is 145 g/mol. The Morgan fingerprint density at radius 1 is 1.80 bits per heavy atom. The molecule has 0 unspecified atom stereocenters. The molecule has 0 bridgehead atoms. The van der Waals surface area contributed by atoms with Crippen molar-refractivity contribution in [1.82, 2.24) is 0 Å². The van der Waals surface area contributed by atoms with Gasteiger partial charge in [-0.3, -0.25) is 4.79 Å². The predicted octanol–water partition coefficient (Wildman–Crippen LogP) is 1.14. The van der Waals surface area contributed by atoms with E-state index in [1.165, 1.54) is 0 Å². The zero-order chi connectivity index (χ0) is 7.82. The van der Waals surface area contributed by atoms with Crippen LogP contribution in [0.25, 0.3) is 0 Å². The fourth-order valence-corrected chi connectivity index (χ4v) is 0.462. The molecule has 1 N–H and O–H groups in total. The van der Waals surface area contributed by atoms with Crippen LogP contribution in [0, 0.1) is 0 Å². The van der Waals surface area contributed by atoms with E-state index in [4.69, 9.17) is 5.21 Å². The summed E-state index contributed by atoms with van der Waals surface area (Å²) in [5, 5.41) is 10.3. The Labute approximate surface area is 59.5 Å². The van der Waals surface area contributed by atoms with Gasteiger partial charge in [0.1, 0.15) is 0 Å². The lowest BCUT2D eigenvalue weighted by atomic mass is 10.3. The second kappa shape index (κ2) is 6.07. The molecule has 0 radical (unpaired) electrons. The first-order valence-corrected chi connectivity index (χ1v) is 3.16. The molecule has 0 amide bonds. The summed E-state index contributed by atoms with van der Waals surface area (Å²) in [5.74, 6) is -0.361. The van der Waals surface area contributed by atoms with E-state index < -0.39 is 0 Å². The summed E-state index contributed by atoms with van der Waals surface area (Å²) in [6.45, 7) is 1.98. The summed E-state index contributed by atoms with van der Waals surface area (Å²) < 4.78 is 4.31. The van der Waals surface area contributed by atoms with Gasteiger partial charge in [-0.15, -0.1) is 0 Å². The molecule has 0 aliphatic heterocycles. The number of carbonyl (C=O) groups excluding carboxylic acids is 1. The van der Waals surface area contributed by atoms with Gasteiger partial charge >= 0.3 is 5.97 Å². The van der Waals surface area contributed by atoms with Gasteiger partial charge in [-0.25, -0.2) is 0 Å². The van der Waals surface area contributed by atoms with Gasteiger partial charge in [0.2, 0.25) is 6.40 Å². The van der Waals surface area contributed by atoms with Gasteiger partial charge in [0, 0.05) is 6.42 Å². The first kappa shape index (κ1) is 8.94. The number of oxime groups is 1. The highest BCUT2D eigenvalue weighted by Crippen LogP contribution is 1.94. The summed E-state index contributed by atoms with van der Waals surface area (Å²) in [6, 6.07) is 0. The Bertz CT molecular complexity index is 122. The summed E-state index contributed by atoms with van der Waals surface area (Å²) in [7, 11) is 0. The van der Waals surface area contributed by atoms with Crippen LogP contribution in [-0.4, -0.2) is 17.6 Å². The molecule has 4 heteroatoms. The van der Waals surface area contributed by atoms with Crippen LogP contribution >= 0.6 is 0 Å². The summed E-state index contributed by atoms with van der Waals surface area (Å²) in [5.41, 5.74) is 0. The molecule has 0 aromatic heterocycles. The predicted molar refractivity (Wildman–Crippen MR) is 35.9 cm³/mol. The van der Waals surface area contributed by atoms with Crippen LogP contribution in [-0.2, 0) is 9.53 Å². The molecule has 0 aromatic rings. The zero-order valence-corrected chi connectivity index (χ0v) is 5.91. The highest BCUT2D eigenvalue weighted by Gasteiger charge is 1.97. The van der Waals surface area contributed by atoms with Crippen molar-refractivity contribution in [3.05, 3.63) is 0 Å². The number of rotatable bonds is 4. The van der Waals surface area contributed by atoms with Crippen LogP contribution in [0.15, 0.2) is 5.16 Å². The van der Waals surface area contributed by atoms with E-state index in [0.29, 0.717) is 6.42 Å². The maximum Gasteiger partial charge on any atom is 0.312 e. The van der Waals surface area contributed by atoms with Crippen LogP contribution in [0.2, 0.25) is 0 Å². The SMILES string of the molecule is CCCCC(=O)OC=NO. The lowest BCUT2D eigenvalue weighted by molar-refractivity contribution is -0.135. The number of unbranched alkanes of at least 4 members (excludes halogenated alkanes) is 1. The quantitative estimate of drug-likeness (QED) is 0.212. The smallest absolute Gasteiger partial charge is 0.312 e. The van der Waals surface area contributed by atoms with Crippen LogP contribution in [0.4, 0.5) is 0 Å². The number of carbonyl (C=O) groups is 1. The third-order valence-electron chi connectivity index (χ3n) is 0.966. The summed E-state index contributed by atoms with van der Waals surface area (Å²) in [4.78, 5) is 10.5. The highest BCUT2D eigenvalue weighted by molar-refractivity contribution is 5.77. The summed E-state index contributed by atoms with van der Waals surface area (Å²) in [6.07, 6.45) is 2.85. The number of hydrogen-bond acceptors (Lipinski definition) is 4. The maximum atomic E-state index is 10.5. The van der Waals surface area contributed by atoms with Crippen LogP contribution in [0.5, 0.6) is 0 Å². The van der Waals surface area contributed by atoms with E-state index in [1.807, 2.05) is 6.92 Å². The van der Waals surface area contributed by atoms with Crippen molar-refractivity contribution in [3.63, 3.8) is 0 Å². The van der Waals surface area contributed by atoms with Crippen molar-refractivity contribution in [2.75, 3.05) is 0 Å². The molecular formula is C6H11NO3. The van der Waals surface area contributed by atoms with E-state index in [1.54, 1.807) is 0 Å². The van der Waals surface area contributed by atoms with E-state index in [0.717, 1.165) is 19.2 Å². The third kappa shape index (κ3) is 5.08. The average molecular weight is 145 g/mol. The van der Waals surface area contributed by atoms with Crippen molar-refractivity contribution < 1.29 is 14.7 Å². The lowest BCUT2D eigenvalue weighted by Gasteiger charge is -1.93. The molecule has 10 heavy (non-hydrogen) atoms. The molecule has 0 heterocycles. The second-order valence-corrected chi connectivity index (χ2v) is 1.81. The molecule has 0 saturated heterocycles. The van der Waals surface area contributed by atoms with E-state index in [9.17, 15) is 4.79 Å². The van der Waals surface area contributed by atoms with Gasteiger partial charge in [-0.05, 0) is 6.42 Å². The number of esters is 1. The number of hydrogen-bond donors (Lipinski definition) is 1. The van der Waals surface area contributed by atoms with Crippen LogP contribution in [0.1, 0.15) is 26.2 Å². The minimum atomic E-state index is -0.361. The normalized spacial score (nSPS) is 10.1. The van der Waals surface area contributed by atoms with E-state index >= 15 is 0 Å². The topological polar surface area (TPSA) is 58.9 Å². The molecule has 0 aliphatic rings. The minimum absolute atomic E-state index is 0.361. The molecular weight excluding hydrogens is 134 g/mol. The molecule has 0 fully saturated rings. The van der Waals surface area contributed by atoms with Gasteiger partial charge in [0.15, 0.2) is 0 Å². The molecule has 0 aromatic carbocycles. The molecule has 58 valence electrons. The average Bonchev–Trinajstić information content (AvgIpc) is 1.97. The first-order chi connectivity index (χ1) is 4.81. The zero-order valence-electron chi connectivity index (χ0n) is 5.91. The first-order valence-electron chi connectivity index (χ1n) is 3.16. The number of nitrogens with zero attached hydrogens (tertiary/aromatic N) is 1. The van der Waals surface area contributed by atoms with Crippen LogP contribution in [0.3, 0.4) is 0 Å². The second-order valence-electron chi connectivity index (χ2n) is 1.81. The largest absolute Gasteiger partial charge is 0.411 e. The van der Waals surface area contributed by atoms with Gasteiger partial charge < -0.3 is 9.94 Å². The van der Waals surface area contributed by atoms with E-state index in [-0.39, 0.29) is 5.97 Å². The van der Waals surface area contributed by atoms with Crippen LogP contribution < -0.4 is 0 Å². The fraction of sp³-hybridized carbons (Fsp3) is 0.667. The molecule has 0 aliphatic carbocycles. The van der Waals surface area contributed by atoms with Crippen molar-refractivity contribution in [2.45, 2.75) is 26.2 Å². The van der Waals surface area contributed by atoms with Gasteiger partial charge in [-0.2, -0.15) is 0 Å². The van der Waals surface area contributed by atoms with Crippen molar-refractivity contribution in [3.8, 4) is 0 Å². The minimum Gasteiger partial charge on any atom is -0.411 e. The maximum absolute atomic E-state index is 10.5. The van der Waals surface area contributed by atoms with Crippen molar-refractivity contribution in [2.24, 2.45) is 5.16 Å². The van der Waals surface area contributed by atoms with Crippen molar-refractivity contribution in [1.29, 1.82) is 0 Å². The standard InChI is InChI=1S/C6H11NO3/c1-2-3-4-6(8)10-5-7-9/h5,9H,2-4H2,1H3. The summed E-state index contributed by atoms with van der Waals surface area (Å²) >= 11 is 0. The van der Waals surface area contributed by atoms with Crippen molar-refractivity contribution >= 4 is 12.4 Å². The lowest BCUT2D eigenvalue weighted by Crippen LogP contribution is -2.01. The number of ether oxygens (including phenoxy) is 1. The van der Waals surface area contributed by atoms with Gasteiger partial charge in [0.05, 0.1) is 0 Å². The molecule has 0 saturated carbocycles. The Morgan fingerprint density at radius 3 is 3.00 bits per heavy atom. The van der Waals surface area contributed by atoms with Gasteiger partial charge in [0.25, 0.3) is 0 Å². The molecule has 0 rings (SSSR count). The molecule has 0 atom stereocenters. The molecule has 0 spiro atoms. The Kier molecular flexibility index (Phi) is 5.42. The Balaban J connectivity index is 3.25. The van der Waals surface area contributed by atoms with Gasteiger partial charge in [-0.1, -0.05) is 18.5 Å². The third-order valence-corrected chi connectivity index (χ3v) is 0.966.